The van der Waals surface area contributed by atoms with Gasteiger partial charge in [-0.1, -0.05) is 24.4 Å². The molecule has 1 aliphatic carbocycles. The predicted molar refractivity (Wildman–Crippen MR) is 54.2 cm³/mol. The van der Waals surface area contributed by atoms with Crippen molar-refractivity contribution in [3.8, 4) is 0 Å². The van der Waals surface area contributed by atoms with Gasteiger partial charge in [-0.05, 0) is 37.5 Å². The summed E-state index contributed by atoms with van der Waals surface area (Å²) in [7, 11) is 0. The second-order valence-electron chi connectivity index (χ2n) is 2.91. The minimum Gasteiger partial charge on any atom is -0.282 e. The van der Waals surface area contributed by atoms with Crippen molar-refractivity contribution in [1.29, 1.82) is 0 Å². The van der Waals surface area contributed by atoms with Gasteiger partial charge in [0.1, 0.15) is 0 Å². The summed E-state index contributed by atoms with van der Waals surface area (Å²) in [5.41, 5.74) is 2.17. The zero-order valence-electron chi connectivity index (χ0n) is 7.43. The molecule has 0 atom stereocenters. The van der Waals surface area contributed by atoms with Crippen LogP contribution in [0.15, 0.2) is 23.8 Å². The molecular formula is C10H14OS. The molecule has 0 heterocycles. The monoisotopic (exact) mass is 182 g/mol. The van der Waals surface area contributed by atoms with Gasteiger partial charge in [-0.2, -0.15) is 0 Å². The quantitative estimate of drug-likeness (QED) is 0.653. The molecule has 0 aromatic heterocycles. The first-order valence-electron chi connectivity index (χ1n) is 4.22. The maximum absolute atomic E-state index is 11.4. The van der Waals surface area contributed by atoms with Gasteiger partial charge in [0.25, 0.3) is 0 Å². The Morgan fingerprint density at radius 3 is 2.75 bits per heavy atom. The average molecular weight is 182 g/mol. The lowest BCUT2D eigenvalue weighted by Crippen LogP contribution is -2.05. The van der Waals surface area contributed by atoms with Crippen LogP contribution in [-0.4, -0.2) is 11.4 Å². The summed E-state index contributed by atoms with van der Waals surface area (Å²) in [6.07, 6.45) is 8.00. The van der Waals surface area contributed by atoms with E-state index in [1.54, 1.807) is 0 Å². The van der Waals surface area contributed by atoms with E-state index >= 15 is 0 Å². The van der Waals surface area contributed by atoms with Gasteiger partial charge in [-0.25, -0.2) is 0 Å². The van der Waals surface area contributed by atoms with Crippen LogP contribution in [0.5, 0.6) is 0 Å². The van der Waals surface area contributed by atoms with E-state index < -0.39 is 0 Å². The van der Waals surface area contributed by atoms with Crippen LogP contribution < -0.4 is 0 Å². The smallest absolute Gasteiger partial charge is 0.215 e. The van der Waals surface area contributed by atoms with Crippen molar-refractivity contribution in [3.63, 3.8) is 0 Å². The van der Waals surface area contributed by atoms with E-state index in [0.29, 0.717) is 0 Å². The van der Waals surface area contributed by atoms with E-state index in [-0.39, 0.29) is 5.12 Å². The molecule has 1 rings (SSSR count). The lowest BCUT2D eigenvalue weighted by atomic mass is 9.92. The molecule has 0 unspecified atom stereocenters. The molecule has 0 spiro atoms. The number of hydrogen-bond acceptors (Lipinski definition) is 2. The lowest BCUT2D eigenvalue weighted by molar-refractivity contribution is -0.108. The Hall–Kier alpha value is -0.500. The highest BCUT2D eigenvalue weighted by atomic mass is 32.2. The summed E-state index contributed by atoms with van der Waals surface area (Å²) in [4.78, 5) is 11.4. The van der Waals surface area contributed by atoms with E-state index in [9.17, 15) is 4.79 Å². The van der Waals surface area contributed by atoms with Crippen molar-refractivity contribution in [2.75, 3.05) is 6.26 Å². The first kappa shape index (κ1) is 9.59. The first-order valence-corrected chi connectivity index (χ1v) is 5.45. The SMILES string of the molecule is C=CC1=C(C(=O)SC)CCCC1. The molecule has 0 aliphatic heterocycles. The number of rotatable bonds is 2. The number of carbonyl (C=O) groups is 1. The molecule has 0 saturated carbocycles. The second-order valence-corrected chi connectivity index (χ2v) is 3.69. The molecule has 0 bridgehead atoms. The van der Waals surface area contributed by atoms with Crippen molar-refractivity contribution in [2.24, 2.45) is 0 Å². The van der Waals surface area contributed by atoms with Crippen LogP contribution >= 0.6 is 11.8 Å². The standard InChI is InChI=1S/C10H14OS/c1-3-8-6-4-5-7-9(8)10(11)12-2/h3H,1,4-7H2,2H3. The van der Waals surface area contributed by atoms with Crippen molar-refractivity contribution in [1.82, 2.24) is 0 Å². The average Bonchev–Trinajstić information content (AvgIpc) is 2.16. The van der Waals surface area contributed by atoms with Gasteiger partial charge in [-0.15, -0.1) is 0 Å². The van der Waals surface area contributed by atoms with Crippen molar-refractivity contribution >= 4 is 16.9 Å². The van der Waals surface area contributed by atoms with Crippen LogP contribution in [0.25, 0.3) is 0 Å². The Kier molecular flexibility index (Phi) is 3.60. The van der Waals surface area contributed by atoms with E-state index in [0.717, 1.165) is 24.8 Å². The van der Waals surface area contributed by atoms with Gasteiger partial charge in [-0.3, -0.25) is 4.79 Å². The molecule has 0 aromatic rings. The van der Waals surface area contributed by atoms with Crippen LogP contribution in [0.1, 0.15) is 25.7 Å². The third-order valence-electron chi connectivity index (χ3n) is 2.19. The molecule has 0 aromatic carbocycles. The van der Waals surface area contributed by atoms with Crippen LogP contribution in [0.2, 0.25) is 0 Å². The van der Waals surface area contributed by atoms with Gasteiger partial charge in [0.2, 0.25) is 5.12 Å². The molecule has 0 radical (unpaired) electrons. The summed E-state index contributed by atoms with van der Waals surface area (Å²) in [5.74, 6) is 0. The molecule has 1 nitrogen and oxygen atoms in total. The Balaban J connectivity index is 2.86. The van der Waals surface area contributed by atoms with E-state index in [4.69, 9.17) is 0 Å². The highest BCUT2D eigenvalue weighted by Gasteiger charge is 2.15. The van der Waals surface area contributed by atoms with E-state index in [1.807, 2.05) is 12.3 Å². The third kappa shape index (κ3) is 2.01. The molecule has 12 heavy (non-hydrogen) atoms. The fourth-order valence-corrected chi connectivity index (χ4v) is 1.99. The Labute approximate surface area is 77.9 Å². The highest BCUT2D eigenvalue weighted by molar-refractivity contribution is 8.13. The largest absolute Gasteiger partial charge is 0.282 e. The molecule has 1 aliphatic rings. The number of thioether (sulfide) groups is 1. The lowest BCUT2D eigenvalue weighted by Gasteiger charge is -2.15. The third-order valence-corrected chi connectivity index (χ3v) is 2.81. The zero-order chi connectivity index (χ0) is 8.97. The maximum Gasteiger partial charge on any atom is 0.215 e. The molecular weight excluding hydrogens is 168 g/mol. The van der Waals surface area contributed by atoms with Gasteiger partial charge < -0.3 is 0 Å². The molecule has 0 N–H and O–H groups in total. The first-order chi connectivity index (χ1) is 5.79. The summed E-state index contributed by atoms with van der Waals surface area (Å²) in [6.45, 7) is 3.73. The van der Waals surface area contributed by atoms with Crippen molar-refractivity contribution in [3.05, 3.63) is 23.8 Å². The minimum atomic E-state index is 0.226. The van der Waals surface area contributed by atoms with E-state index in [1.165, 1.54) is 23.8 Å². The Morgan fingerprint density at radius 1 is 1.50 bits per heavy atom. The Morgan fingerprint density at radius 2 is 2.17 bits per heavy atom. The van der Waals surface area contributed by atoms with Crippen LogP contribution in [0.4, 0.5) is 0 Å². The molecule has 0 fully saturated rings. The zero-order valence-corrected chi connectivity index (χ0v) is 8.25. The number of carbonyl (C=O) groups excluding carboxylic acids is 1. The summed E-state index contributed by atoms with van der Waals surface area (Å²) >= 11 is 1.31. The Bertz CT molecular complexity index is 228. The van der Waals surface area contributed by atoms with Gasteiger partial charge in [0.05, 0.1) is 0 Å². The molecule has 0 saturated heterocycles. The minimum absolute atomic E-state index is 0.226. The summed E-state index contributed by atoms with van der Waals surface area (Å²) in [6, 6.07) is 0. The predicted octanol–water partition coefficient (Wildman–Crippen LogP) is 2.93. The van der Waals surface area contributed by atoms with Crippen LogP contribution in [0, 0.1) is 0 Å². The highest BCUT2D eigenvalue weighted by Crippen LogP contribution is 2.28. The fraction of sp³-hybridized carbons (Fsp3) is 0.500. The van der Waals surface area contributed by atoms with Gasteiger partial charge in [0.15, 0.2) is 0 Å². The van der Waals surface area contributed by atoms with Crippen molar-refractivity contribution < 1.29 is 4.79 Å². The normalized spacial score (nSPS) is 17.8. The summed E-state index contributed by atoms with van der Waals surface area (Å²) in [5, 5.41) is 0.226. The number of allylic oxidation sites excluding steroid dienone is 2. The number of hydrogen-bond donors (Lipinski definition) is 0. The summed E-state index contributed by atoms with van der Waals surface area (Å²) < 4.78 is 0. The van der Waals surface area contributed by atoms with Crippen molar-refractivity contribution in [2.45, 2.75) is 25.7 Å². The van der Waals surface area contributed by atoms with Crippen LogP contribution in [0.3, 0.4) is 0 Å². The van der Waals surface area contributed by atoms with Gasteiger partial charge in [0, 0.05) is 5.57 Å². The molecule has 0 amide bonds. The van der Waals surface area contributed by atoms with E-state index in [2.05, 4.69) is 6.58 Å². The maximum atomic E-state index is 11.4. The van der Waals surface area contributed by atoms with Gasteiger partial charge >= 0.3 is 0 Å². The topological polar surface area (TPSA) is 17.1 Å². The van der Waals surface area contributed by atoms with Crippen LogP contribution in [-0.2, 0) is 4.79 Å². The fourth-order valence-electron chi connectivity index (χ4n) is 1.51. The molecule has 66 valence electrons. The second kappa shape index (κ2) is 4.51. The molecule has 2 heteroatoms.